The molecule has 0 spiro atoms. The molecule has 1 heteroatoms. The van der Waals surface area contributed by atoms with Crippen LogP contribution >= 0.6 is 0 Å². The lowest BCUT2D eigenvalue weighted by Crippen LogP contribution is -2.30. The van der Waals surface area contributed by atoms with Gasteiger partial charge in [0.2, 0.25) is 0 Å². The average Bonchev–Trinajstić information content (AvgIpc) is 2.06. The SMILES string of the molecule is CCCC(C)CC1CCCNC1. The van der Waals surface area contributed by atoms with Crippen molar-refractivity contribution in [3.8, 4) is 0 Å². The fourth-order valence-corrected chi connectivity index (χ4v) is 2.30. The summed E-state index contributed by atoms with van der Waals surface area (Å²) < 4.78 is 0. The Morgan fingerprint density at radius 1 is 1.50 bits per heavy atom. The van der Waals surface area contributed by atoms with Gasteiger partial charge in [0.15, 0.2) is 0 Å². The van der Waals surface area contributed by atoms with E-state index in [-0.39, 0.29) is 0 Å². The summed E-state index contributed by atoms with van der Waals surface area (Å²) in [4.78, 5) is 0. The molecule has 1 rings (SSSR count). The van der Waals surface area contributed by atoms with Crippen molar-refractivity contribution in [3.63, 3.8) is 0 Å². The largest absolute Gasteiger partial charge is 0.316 e. The summed E-state index contributed by atoms with van der Waals surface area (Å²) in [6.07, 6.45) is 7.06. The predicted octanol–water partition coefficient (Wildman–Crippen LogP) is 2.81. The monoisotopic (exact) mass is 169 g/mol. The molecule has 12 heavy (non-hydrogen) atoms. The first-order valence-electron chi connectivity index (χ1n) is 5.53. The van der Waals surface area contributed by atoms with Crippen LogP contribution in [0.5, 0.6) is 0 Å². The van der Waals surface area contributed by atoms with Crippen molar-refractivity contribution in [2.75, 3.05) is 13.1 Å². The second-order valence-corrected chi connectivity index (χ2v) is 4.34. The van der Waals surface area contributed by atoms with Crippen LogP contribution in [0.15, 0.2) is 0 Å². The highest BCUT2D eigenvalue weighted by molar-refractivity contribution is 4.70. The Hall–Kier alpha value is -0.0400. The molecular weight excluding hydrogens is 146 g/mol. The van der Waals surface area contributed by atoms with Gasteiger partial charge in [0.1, 0.15) is 0 Å². The molecule has 1 heterocycles. The van der Waals surface area contributed by atoms with E-state index in [1.54, 1.807) is 0 Å². The van der Waals surface area contributed by atoms with Gasteiger partial charge >= 0.3 is 0 Å². The van der Waals surface area contributed by atoms with Crippen LogP contribution < -0.4 is 5.32 Å². The van der Waals surface area contributed by atoms with Crippen LogP contribution in [0.4, 0.5) is 0 Å². The molecule has 72 valence electrons. The molecule has 0 aromatic carbocycles. The number of piperidine rings is 1. The molecule has 1 aliphatic heterocycles. The van der Waals surface area contributed by atoms with Crippen LogP contribution in [-0.2, 0) is 0 Å². The van der Waals surface area contributed by atoms with Crippen molar-refractivity contribution in [3.05, 3.63) is 0 Å². The maximum Gasteiger partial charge on any atom is -0.00204 e. The van der Waals surface area contributed by atoms with Crippen molar-refractivity contribution in [2.45, 2.75) is 46.0 Å². The first-order valence-corrected chi connectivity index (χ1v) is 5.53. The van der Waals surface area contributed by atoms with Crippen LogP contribution in [0.1, 0.15) is 46.0 Å². The third-order valence-electron chi connectivity index (χ3n) is 2.92. The van der Waals surface area contributed by atoms with E-state index >= 15 is 0 Å². The lowest BCUT2D eigenvalue weighted by Gasteiger charge is -2.25. The van der Waals surface area contributed by atoms with Gasteiger partial charge < -0.3 is 5.32 Å². The molecule has 0 saturated carbocycles. The lowest BCUT2D eigenvalue weighted by molar-refractivity contribution is 0.303. The topological polar surface area (TPSA) is 12.0 Å². The van der Waals surface area contributed by atoms with Gasteiger partial charge in [-0.05, 0) is 44.2 Å². The van der Waals surface area contributed by atoms with Crippen LogP contribution in [0.2, 0.25) is 0 Å². The van der Waals surface area contributed by atoms with Gasteiger partial charge in [-0.1, -0.05) is 26.7 Å². The Kier molecular flexibility index (Phi) is 4.67. The van der Waals surface area contributed by atoms with E-state index in [0.717, 1.165) is 11.8 Å². The Morgan fingerprint density at radius 2 is 2.33 bits per heavy atom. The minimum absolute atomic E-state index is 0.944. The minimum Gasteiger partial charge on any atom is -0.316 e. The van der Waals surface area contributed by atoms with Crippen molar-refractivity contribution < 1.29 is 0 Å². The second-order valence-electron chi connectivity index (χ2n) is 4.34. The quantitative estimate of drug-likeness (QED) is 0.682. The van der Waals surface area contributed by atoms with Crippen molar-refractivity contribution in [1.29, 1.82) is 0 Å². The summed E-state index contributed by atoms with van der Waals surface area (Å²) in [5.74, 6) is 1.92. The molecule has 2 atom stereocenters. The van der Waals surface area contributed by atoms with Gasteiger partial charge in [-0.25, -0.2) is 0 Å². The Balaban J connectivity index is 2.11. The molecule has 1 saturated heterocycles. The Bertz CT molecular complexity index is 106. The van der Waals surface area contributed by atoms with E-state index < -0.39 is 0 Å². The molecule has 0 amide bonds. The van der Waals surface area contributed by atoms with E-state index in [4.69, 9.17) is 0 Å². The second kappa shape index (κ2) is 5.58. The fraction of sp³-hybridized carbons (Fsp3) is 1.00. The molecule has 1 N–H and O–H groups in total. The van der Waals surface area contributed by atoms with Crippen LogP contribution in [0.25, 0.3) is 0 Å². The molecule has 0 aromatic heterocycles. The third-order valence-corrected chi connectivity index (χ3v) is 2.92. The summed E-state index contributed by atoms with van der Waals surface area (Å²) in [6.45, 7) is 7.21. The van der Waals surface area contributed by atoms with Crippen LogP contribution in [0.3, 0.4) is 0 Å². The average molecular weight is 169 g/mol. The normalized spacial score (nSPS) is 27.0. The summed E-state index contributed by atoms with van der Waals surface area (Å²) in [6, 6.07) is 0. The highest BCUT2D eigenvalue weighted by Gasteiger charge is 2.15. The van der Waals surface area contributed by atoms with E-state index in [9.17, 15) is 0 Å². The fourth-order valence-electron chi connectivity index (χ4n) is 2.30. The van der Waals surface area contributed by atoms with Gasteiger partial charge in [-0.2, -0.15) is 0 Å². The van der Waals surface area contributed by atoms with Crippen molar-refractivity contribution >= 4 is 0 Å². The maximum atomic E-state index is 3.48. The van der Waals surface area contributed by atoms with Crippen molar-refractivity contribution in [1.82, 2.24) is 5.32 Å². The molecule has 0 bridgehead atoms. The summed E-state index contributed by atoms with van der Waals surface area (Å²) in [5.41, 5.74) is 0. The van der Waals surface area contributed by atoms with E-state index in [1.807, 2.05) is 0 Å². The molecule has 1 fully saturated rings. The zero-order chi connectivity index (χ0) is 8.81. The van der Waals surface area contributed by atoms with E-state index in [2.05, 4.69) is 19.2 Å². The lowest BCUT2D eigenvalue weighted by atomic mass is 9.88. The van der Waals surface area contributed by atoms with Gasteiger partial charge in [-0.3, -0.25) is 0 Å². The highest BCUT2D eigenvalue weighted by atomic mass is 14.9. The molecule has 0 radical (unpaired) electrons. The third kappa shape index (κ3) is 3.57. The van der Waals surface area contributed by atoms with Gasteiger partial charge in [-0.15, -0.1) is 0 Å². The van der Waals surface area contributed by atoms with Gasteiger partial charge in [0, 0.05) is 0 Å². The molecule has 1 nitrogen and oxygen atoms in total. The first-order chi connectivity index (χ1) is 5.83. The van der Waals surface area contributed by atoms with E-state index in [1.165, 1.54) is 45.2 Å². The smallest absolute Gasteiger partial charge is 0.00204 e. The Morgan fingerprint density at radius 3 is 2.92 bits per heavy atom. The minimum atomic E-state index is 0.944. The van der Waals surface area contributed by atoms with Crippen LogP contribution in [-0.4, -0.2) is 13.1 Å². The number of hydrogen-bond acceptors (Lipinski definition) is 1. The number of rotatable bonds is 4. The molecule has 0 aromatic rings. The summed E-state index contributed by atoms with van der Waals surface area (Å²) in [5, 5.41) is 3.48. The first kappa shape index (κ1) is 10.0. The van der Waals surface area contributed by atoms with Gasteiger partial charge in [0.25, 0.3) is 0 Å². The zero-order valence-corrected chi connectivity index (χ0v) is 8.60. The molecular formula is C11H23N. The maximum absolute atomic E-state index is 3.48. The van der Waals surface area contributed by atoms with E-state index in [0.29, 0.717) is 0 Å². The summed E-state index contributed by atoms with van der Waals surface area (Å²) >= 11 is 0. The molecule has 0 aliphatic carbocycles. The zero-order valence-electron chi connectivity index (χ0n) is 8.60. The summed E-state index contributed by atoms with van der Waals surface area (Å²) in [7, 11) is 0. The highest BCUT2D eigenvalue weighted by Crippen LogP contribution is 2.21. The number of hydrogen-bond donors (Lipinski definition) is 1. The Labute approximate surface area is 76.9 Å². The molecule has 2 unspecified atom stereocenters. The molecule has 1 aliphatic rings. The standard InChI is InChI=1S/C11H23N/c1-3-5-10(2)8-11-6-4-7-12-9-11/h10-12H,3-9H2,1-2H3. The van der Waals surface area contributed by atoms with Gasteiger partial charge in [0.05, 0.1) is 0 Å². The predicted molar refractivity (Wildman–Crippen MR) is 54.3 cm³/mol. The van der Waals surface area contributed by atoms with Crippen LogP contribution in [0, 0.1) is 11.8 Å². The van der Waals surface area contributed by atoms with Crippen molar-refractivity contribution in [2.24, 2.45) is 11.8 Å². The number of nitrogens with one attached hydrogen (secondary N) is 1.